The predicted molar refractivity (Wildman–Crippen MR) is 186 cm³/mol. The van der Waals surface area contributed by atoms with Crippen LogP contribution < -0.4 is 4.74 Å². The van der Waals surface area contributed by atoms with Gasteiger partial charge in [-0.05, 0) is 60.4 Å². The number of nitrogens with zero attached hydrogens (tertiary/aromatic N) is 1. The lowest BCUT2D eigenvalue weighted by Gasteiger charge is -2.40. The van der Waals surface area contributed by atoms with Crippen LogP contribution in [0.15, 0.2) is 102 Å². The van der Waals surface area contributed by atoms with Crippen LogP contribution in [0.2, 0.25) is 18.1 Å². The first-order valence-corrected chi connectivity index (χ1v) is 19.6. The summed E-state index contributed by atoms with van der Waals surface area (Å²) in [5.41, 5.74) is 5.82. The number of benzene rings is 3. The van der Waals surface area contributed by atoms with Crippen molar-refractivity contribution in [3.05, 3.63) is 114 Å². The molecule has 3 aromatic rings. The average Bonchev–Trinajstić information content (AvgIpc) is 3.02. The maximum atomic E-state index is 14.1. The van der Waals surface area contributed by atoms with Crippen molar-refractivity contribution in [1.29, 1.82) is 0 Å². The van der Waals surface area contributed by atoms with Gasteiger partial charge in [-0.2, -0.15) is 4.31 Å². The topological polar surface area (TPSA) is 74.3 Å². The molecule has 7 nitrogen and oxygen atoms in total. The molecule has 3 rings (SSSR count). The number of aryl methyl sites for hydroxylation is 1. The van der Waals surface area contributed by atoms with Crippen molar-refractivity contribution in [1.82, 2.24) is 4.31 Å². The fourth-order valence-corrected chi connectivity index (χ4v) is 6.72. The minimum absolute atomic E-state index is 0.0390. The normalized spacial score (nSPS) is 12.5. The van der Waals surface area contributed by atoms with E-state index in [9.17, 15) is 8.42 Å². The Morgan fingerprint density at radius 2 is 1.54 bits per heavy atom. The second kappa shape index (κ2) is 16.8. The van der Waals surface area contributed by atoms with Gasteiger partial charge in [-0.15, -0.1) is 0 Å². The molecule has 0 bridgehead atoms. The van der Waals surface area contributed by atoms with Crippen molar-refractivity contribution < 1.29 is 27.1 Å². The van der Waals surface area contributed by atoms with Gasteiger partial charge in [0.05, 0.1) is 25.2 Å². The molecule has 0 saturated carbocycles. The summed E-state index contributed by atoms with van der Waals surface area (Å²) in [6.07, 6.45) is -0.770. The SMILES string of the molecule is C=C=C(OCc1ccc(OC)cc1)C(CN(CC#CCOCc1ccccc1)S(=O)(=O)c1ccc(C)cc1)O[Si](C)(C)C(C)(C)C. The Balaban J connectivity index is 1.91. The molecule has 0 saturated heterocycles. The summed E-state index contributed by atoms with van der Waals surface area (Å²) in [5.74, 6) is 7.07. The summed E-state index contributed by atoms with van der Waals surface area (Å²) in [7, 11) is -4.77. The van der Waals surface area contributed by atoms with Crippen molar-refractivity contribution in [3.63, 3.8) is 0 Å². The van der Waals surface area contributed by atoms with Crippen molar-refractivity contribution in [2.75, 3.05) is 26.8 Å². The van der Waals surface area contributed by atoms with Gasteiger partial charge in [-0.1, -0.05) is 105 Å². The van der Waals surface area contributed by atoms with E-state index in [0.29, 0.717) is 12.4 Å². The van der Waals surface area contributed by atoms with E-state index >= 15 is 0 Å². The first kappa shape index (κ1) is 36.9. The Morgan fingerprint density at radius 3 is 2.13 bits per heavy atom. The smallest absolute Gasteiger partial charge is 0.244 e. The van der Waals surface area contributed by atoms with Crippen LogP contribution in [0.5, 0.6) is 5.75 Å². The summed E-state index contributed by atoms with van der Waals surface area (Å²) in [5, 5.41) is -0.149. The standard InChI is InChI=1S/C37H47NO6SSi/c1-9-35(43-29-32-19-21-33(41-6)22-20-32)36(44-46(7,8)37(3,4)5)27-38(45(39,40)34-23-17-30(2)18-24-34)25-13-14-26-42-28-31-15-11-10-12-16-31/h10-12,15-24,36H,1,25-29H2,2-8H3. The highest BCUT2D eigenvalue weighted by molar-refractivity contribution is 7.89. The van der Waals surface area contributed by atoms with Gasteiger partial charge in [0.25, 0.3) is 0 Å². The lowest BCUT2D eigenvalue weighted by molar-refractivity contribution is 0.0898. The molecular formula is C37H47NO6SSi. The fourth-order valence-electron chi connectivity index (χ4n) is 4.13. The third-order valence-electron chi connectivity index (χ3n) is 7.96. The van der Waals surface area contributed by atoms with Crippen LogP contribution in [-0.2, 0) is 37.1 Å². The zero-order chi connectivity index (χ0) is 33.8. The summed E-state index contributed by atoms with van der Waals surface area (Å²) in [6, 6.07) is 24.1. The molecule has 0 amide bonds. The Bertz CT molecular complexity index is 1610. The molecule has 0 aliphatic carbocycles. The molecule has 0 N–H and O–H groups in total. The third kappa shape index (κ3) is 10.7. The number of rotatable bonds is 15. The van der Waals surface area contributed by atoms with Gasteiger partial charge in [0.1, 0.15) is 25.1 Å². The molecular weight excluding hydrogens is 615 g/mol. The Labute approximate surface area is 277 Å². The molecule has 46 heavy (non-hydrogen) atoms. The van der Waals surface area contributed by atoms with Crippen LogP contribution in [0.1, 0.15) is 37.5 Å². The van der Waals surface area contributed by atoms with Crippen LogP contribution in [0.3, 0.4) is 0 Å². The van der Waals surface area contributed by atoms with Crippen molar-refractivity contribution >= 4 is 18.3 Å². The van der Waals surface area contributed by atoms with Gasteiger partial charge in [0.2, 0.25) is 10.0 Å². The quantitative estimate of drug-likeness (QED) is 0.0553. The predicted octanol–water partition coefficient (Wildman–Crippen LogP) is 7.49. The van der Waals surface area contributed by atoms with Crippen LogP contribution in [0, 0.1) is 18.8 Å². The largest absolute Gasteiger partial charge is 0.497 e. The molecule has 0 fully saturated rings. The van der Waals surface area contributed by atoms with Crippen LogP contribution in [0.4, 0.5) is 0 Å². The van der Waals surface area contributed by atoms with E-state index in [4.69, 9.17) is 18.6 Å². The first-order valence-electron chi connectivity index (χ1n) is 15.2. The Hall–Kier alpha value is -3.61. The zero-order valence-electron chi connectivity index (χ0n) is 28.1. The highest BCUT2D eigenvalue weighted by atomic mass is 32.2. The minimum atomic E-state index is -3.96. The lowest BCUT2D eigenvalue weighted by Crippen LogP contribution is -2.48. The molecule has 1 unspecified atom stereocenters. The highest BCUT2D eigenvalue weighted by Crippen LogP contribution is 2.38. The molecule has 0 spiro atoms. The fraction of sp³-hybridized carbons (Fsp3) is 0.378. The van der Waals surface area contributed by atoms with E-state index in [1.54, 1.807) is 31.4 Å². The number of hydrogen-bond donors (Lipinski definition) is 0. The maximum absolute atomic E-state index is 14.1. The Morgan fingerprint density at radius 1 is 0.913 bits per heavy atom. The molecule has 246 valence electrons. The molecule has 3 aromatic carbocycles. The van der Waals surface area contributed by atoms with Crippen LogP contribution in [0.25, 0.3) is 0 Å². The summed E-state index contributed by atoms with van der Waals surface area (Å²) < 4.78 is 53.5. The second-order valence-corrected chi connectivity index (χ2v) is 19.2. The van der Waals surface area contributed by atoms with Crippen LogP contribution in [-0.4, -0.2) is 54.0 Å². The van der Waals surface area contributed by atoms with E-state index in [1.165, 1.54) is 4.31 Å². The molecule has 0 heterocycles. The van der Waals surface area contributed by atoms with Gasteiger partial charge < -0.3 is 18.6 Å². The van der Waals surface area contributed by atoms with Gasteiger partial charge in [0, 0.05) is 6.54 Å². The van der Waals surface area contributed by atoms with E-state index in [-0.39, 0.29) is 36.2 Å². The highest BCUT2D eigenvalue weighted by Gasteiger charge is 2.41. The van der Waals surface area contributed by atoms with Crippen molar-refractivity contribution in [2.45, 2.75) is 70.0 Å². The van der Waals surface area contributed by atoms with E-state index in [1.807, 2.05) is 61.5 Å². The minimum Gasteiger partial charge on any atom is -0.497 e. The van der Waals surface area contributed by atoms with Crippen LogP contribution >= 0.6 is 0 Å². The molecule has 0 aromatic heterocycles. The van der Waals surface area contributed by atoms with Crippen molar-refractivity contribution in [2.24, 2.45) is 0 Å². The number of sulfonamides is 1. The zero-order valence-corrected chi connectivity index (χ0v) is 29.9. The third-order valence-corrected chi connectivity index (χ3v) is 14.3. The van der Waals surface area contributed by atoms with E-state index in [2.05, 4.69) is 58.0 Å². The molecule has 1 atom stereocenters. The molecule has 9 heteroatoms. The molecule has 0 radical (unpaired) electrons. The monoisotopic (exact) mass is 661 g/mol. The van der Waals surface area contributed by atoms with E-state index in [0.717, 1.165) is 22.4 Å². The summed E-state index contributed by atoms with van der Waals surface area (Å²) in [4.78, 5) is 0.176. The number of ether oxygens (including phenoxy) is 3. The molecule has 0 aliphatic rings. The molecule has 0 aliphatic heterocycles. The maximum Gasteiger partial charge on any atom is 0.244 e. The summed E-state index contributed by atoms with van der Waals surface area (Å²) in [6.45, 7) is 17.1. The van der Waals surface area contributed by atoms with Gasteiger partial charge in [0.15, 0.2) is 14.1 Å². The van der Waals surface area contributed by atoms with Gasteiger partial charge >= 0.3 is 0 Å². The van der Waals surface area contributed by atoms with Crippen molar-refractivity contribution in [3.8, 4) is 17.6 Å². The average molecular weight is 662 g/mol. The Kier molecular flexibility index (Phi) is 13.5. The van der Waals surface area contributed by atoms with Gasteiger partial charge in [-0.3, -0.25) is 0 Å². The second-order valence-electron chi connectivity index (χ2n) is 12.5. The number of methoxy groups -OCH3 is 1. The summed E-state index contributed by atoms with van der Waals surface area (Å²) >= 11 is 0. The lowest BCUT2D eigenvalue weighted by atomic mass is 10.2. The number of hydrogen-bond acceptors (Lipinski definition) is 6. The van der Waals surface area contributed by atoms with E-state index < -0.39 is 24.4 Å². The first-order chi connectivity index (χ1) is 21.8. The van der Waals surface area contributed by atoms with Gasteiger partial charge in [-0.25, -0.2) is 8.42 Å².